The van der Waals surface area contributed by atoms with Crippen LogP contribution in [0.3, 0.4) is 0 Å². The van der Waals surface area contributed by atoms with Gasteiger partial charge in [0.2, 0.25) is 0 Å². The summed E-state index contributed by atoms with van der Waals surface area (Å²) in [6.45, 7) is 8.38. The molecule has 0 heterocycles. The molecule has 88 valence electrons. The number of carbonyl (C=O) groups excluding carboxylic acids is 1. The van der Waals surface area contributed by atoms with Crippen molar-refractivity contribution < 1.29 is 9.53 Å². The van der Waals surface area contributed by atoms with Crippen molar-refractivity contribution in [3.63, 3.8) is 0 Å². The summed E-state index contributed by atoms with van der Waals surface area (Å²) in [4.78, 5) is 11.4. The maximum absolute atomic E-state index is 11.4. The molecule has 0 spiro atoms. The molecule has 0 aliphatic heterocycles. The van der Waals surface area contributed by atoms with E-state index in [4.69, 9.17) is 4.74 Å². The second-order valence-electron chi connectivity index (χ2n) is 5.12. The second kappa shape index (κ2) is 4.69. The van der Waals surface area contributed by atoms with Crippen molar-refractivity contribution in [2.75, 3.05) is 7.11 Å². The highest BCUT2D eigenvalue weighted by Gasteiger charge is 2.17. The van der Waals surface area contributed by atoms with E-state index in [1.54, 1.807) is 0 Å². The molecule has 1 atom stereocenters. The molecule has 0 saturated carbocycles. The molecule has 1 aromatic carbocycles. The van der Waals surface area contributed by atoms with Crippen LogP contribution in [0.4, 0.5) is 0 Å². The fourth-order valence-electron chi connectivity index (χ4n) is 1.58. The third kappa shape index (κ3) is 2.84. The zero-order chi connectivity index (χ0) is 12.3. The van der Waals surface area contributed by atoms with Gasteiger partial charge in [-0.15, -0.1) is 0 Å². The first-order valence-electron chi connectivity index (χ1n) is 5.54. The summed E-state index contributed by atoms with van der Waals surface area (Å²) in [6, 6.07) is 8.16. The standard InChI is InChI=1S/C14H20O2/c1-10(13(15)16-5)11-6-8-12(9-7-11)14(2,3)4/h6-10H,1-5H3/t10-/m0/s1. The smallest absolute Gasteiger partial charge is 0.312 e. The molecular weight excluding hydrogens is 200 g/mol. The first-order chi connectivity index (χ1) is 7.36. The van der Waals surface area contributed by atoms with E-state index in [0.29, 0.717) is 0 Å². The Morgan fingerprint density at radius 1 is 1.19 bits per heavy atom. The van der Waals surface area contributed by atoms with Crippen LogP contribution in [0.1, 0.15) is 44.7 Å². The van der Waals surface area contributed by atoms with Gasteiger partial charge in [-0.3, -0.25) is 4.79 Å². The van der Waals surface area contributed by atoms with Crippen LogP contribution in [-0.2, 0) is 14.9 Å². The fourth-order valence-corrected chi connectivity index (χ4v) is 1.58. The van der Waals surface area contributed by atoms with E-state index in [9.17, 15) is 4.79 Å². The molecule has 0 amide bonds. The van der Waals surface area contributed by atoms with Crippen molar-refractivity contribution in [3.05, 3.63) is 35.4 Å². The third-order valence-electron chi connectivity index (χ3n) is 2.83. The van der Waals surface area contributed by atoms with Crippen molar-refractivity contribution in [3.8, 4) is 0 Å². The van der Waals surface area contributed by atoms with Crippen LogP contribution in [-0.4, -0.2) is 13.1 Å². The predicted molar refractivity (Wildman–Crippen MR) is 65.6 cm³/mol. The Labute approximate surface area is 97.6 Å². The van der Waals surface area contributed by atoms with E-state index in [-0.39, 0.29) is 17.3 Å². The molecule has 16 heavy (non-hydrogen) atoms. The van der Waals surface area contributed by atoms with Crippen LogP contribution in [0.5, 0.6) is 0 Å². The average molecular weight is 220 g/mol. The minimum Gasteiger partial charge on any atom is -0.469 e. The number of esters is 1. The van der Waals surface area contributed by atoms with Gasteiger partial charge in [0.05, 0.1) is 13.0 Å². The number of hydrogen-bond donors (Lipinski definition) is 0. The summed E-state index contributed by atoms with van der Waals surface area (Å²) in [7, 11) is 1.42. The topological polar surface area (TPSA) is 26.3 Å². The van der Waals surface area contributed by atoms with Gasteiger partial charge in [-0.1, -0.05) is 45.0 Å². The quantitative estimate of drug-likeness (QED) is 0.715. The van der Waals surface area contributed by atoms with Gasteiger partial charge in [-0.25, -0.2) is 0 Å². The van der Waals surface area contributed by atoms with Gasteiger partial charge in [0.1, 0.15) is 0 Å². The number of carbonyl (C=O) groups is 1. The van der Waals surface area contributed by atoms with Crippen molar-refractivity contribution >= 4 is 5.97 Å². The van der Waals surface area contributed by atoms with E-state index in [1.807, 2.05) is 19.1 Å². The van der Waals surface area contributed by atoms with Crippen molar-refractivity contribution in [2.45, 2.75) is 39.0 Å². The van der Waals surface area contributed by atoms with Crippen LogP contribution < -0.4 is 0 Å². The lowest BCUT2D eigenvalue weighted by Crippen LogP contribution is -2.13. The second-order valence-corrected chi connectivity index (χ2v) is 5.12. The van der Waals surface area contributed by atoms with Gasteiger partial charge in [-0.2, -0.15) is 0 Å². The summed E-state index contributed by atoms with van der Waals surface area (Å²) < 4.78 is 4.72. The van der Waals surface area contributed by atoms with Crippen molar-refractivity contribution in [1.29, 1.82) is 0 Å². The van der Waals surface area contributed by atoms with Gasteiger partial charge in [0, 0.05) is 0 Å². The molecular formula is C14H20O2. The molecule has 0 aliphatic carbocycles. The lowest BCUT2D eigenvalue weighted by molar-refractivity contribution is -0.141. The lowest BCUT2D eigenvalue weighted by Gasteiger charge is -2.19. The van der Waals surface area contributed by atoms with Gasteiger partial charge < -0.3 is 4.74 Å². The molecule has 0 aromatic heterocycles. The van der Waals surface area contributed by atoms with E-state index < -0.39 is 0 Å². The zero-order valence-corrected chi connectivity index (χ0v) is 10.7. The minimum atomic E-state index is -0.195. The van der Waals surface area contributed by atoms with Crippen LogP contribution >= 0.6 is 0 Å². The first-order valence-corrected chi connectivity index (χ1v) is 5.54. The highest BCUT2D eigenvalue weighted by Crippen LogP contribution is 2.24. The Kier molecular flexibility index (Phi) is 3.74. The van der Waals surface area contributed by atoms with E-state index in [0.717, 1.165) is 5.56 Å². The van der Waals surface area contributed by atoms with Crippen LogP contribution in [0.15, 0.2) is 24.3 Å². The zero-order valence-electron chi connectivity index (χ0n) is 10.7. The van der Waals surface area contributed by atoms with Crippen molar-refractivity contribution in [1.82, 2.24) is 0 Å². The maximum Gasteiger partial charge on any atom is 0.312 e. The number of benzene rings is 1. The Morgan fingerprint density at radius 3 is 2.06 bits per heavy atom. The minimum absolute atomic E-state index is 0.146. The van der Waals surface area contributed by atoms with Crippen LogP contribution in [0.2, 0.25) is 0 Å². The van der Waals surface area contributed by atoms with E-state index in [1.165, 1.54) is 12.7 Å². The molecule has 0 aliphatic rings. The molecule has 0 N–H and O–H groups in total. The normalized spacial score (nSPS) is 13.3. The van der Waals surface area contributed by atoms with Crippen LogP contribution in [0.25, 0.3) is 0 Å². The van der Waals surface area contributed by atoms with Gasteiger partial charge in [0.15, 0.2) is 0 Å². The van der Waals surface area contributed by atoms with Gasteiger partial charge in [0.25, 0.3) is 0 Å². The maximum atomic E-state index is 11.4. The molecule has 0 bridgehead atoms. The Morgan fingerprint density at radius 2 is 1.69 bits per heavy atom. The number of methoxy groups -OCH3 is 1. The lowest BCUT2D eigenvalue weighted by atomic mass is 9.86. The van der Waals surface area contributed by atoms with Gasteiger partial charge in [-0.05, 0) is 23.5 Å². The Balaban J connectivity index is 2.91. The molecule has 1 rings (SSSR count). The fraction of sp³-hybridized carbons (Fsp3) is 0.500. The SMILES string of the molecule is COC(=O)[C@@H](C)c1ccc(C(C)(C)C)cc1. The van der Waals surface area contributed by atoms with E-state index in [2.05, 4.69) is 32.9 Å². The monoisotopic (exact) mass is 220 g/mol. The summed E-state index contributed by atoms with van der Waals surface area (Å²) >= 11 is 0. The Bertz CT molecular complexity index is 357. The highest BCUT2D eigenvalue weighted by molar-refractivity contribution is 5.77. The number of hydrogen-bond acceptors (Lipinski definition) is 2. The summed E-state index contributed by atoms with van der Waals surface area (Å²) in [5.41, 5.74) is 2.42. The molecule has 0 unspecified atom stereocenters. The predicted octanol–water partition coefficient (Wildman–Crippen LogP) is 3.26. The van der Waals surface area contributed by atoms with Gasteiger partial charge >= 0.3 is 5.97 Å². The first kappa shape index (κ1) is 12.8. The summed E-state index contributed by atoms with van der Waals surface area (Å²) in [5.74, 6) is -0.387. The highest BCUT2D eigenvalue weighted by atomic mass is 16.5. The molecule has 1 aromatic rings. The molecule has 2 heteroatoms. The van der Waals surface area contributed by atoms with Crippen molar-refractivity contribution in [2.24, 2.45) is 0 Å². The summed E-state index contributed by atoms with van der Waals surface area (Å²) in [6.07, 6.45) is 0. The average Bonchev–Trinajstić information content (AvgIpc) is 2.26. The molecule has 0 saturated heterocycles. The largest absolute Gasteiger partial charge is 0.469 e. The Hall–Kier alpha value is -1.31. The molecule has 2 nitrogen and oxygen atoms in total. The van der Waals surface area contributed by atoms with E-state index >= 15 is 0 Å². The summed E-state index contributed by atoms with van der Waals surface area (Å²) in [5, 5.41) is 0. The third-order valence-corrected chi connectivity index (χ3v) is 2.83. The number of rotatable bonds is 2. The number of ether oxygens (including phenoxy) is 1. The molecule has 0 radical (unpaired) electrons. The molecule has 0 fully saturated rings. The van der Waals surface area contributed by atoms with Crippen LogP contribution in [0, 0.1) is 0 Å².